The van der Waals surface area contributed by atoms with Crippen LogP contribution in [0.1, 0.15) is 38.8 Å². The Labute approximate surface area is 216 Å². The Bertz CT molecular complexity index is 1430. The van der Waals surface area contributed by atoms with Crippen molar-refractivity contribution in [1.82, 2.24) is 0 Å². The number of ether oxygens (including phenoxy) is 4. The molecule has 0 aromatic heterocycles. The molecule has 0 bridgehead atoms. The molecule has 36 heavy (non-hydrogen) atoms. The van der Waals surface area contributed by atoms with E-state index in [9.17, 15) is 0 Å². The third-order valence-corrected chi connectivity index (χ3v) is 8.11. The minimum atomic E-state index is -0.197. The highest BCUT2D eigenvalue weighted by atomic mass is 35.5. The second kappa shape index (κ2) is 7.81. The molecule has 0 aliphatic carbocycles. The highest BCUT2D eigenvalue weighted by Gasteiger charge is 2.44. The minimum absolute atomic E-state index is 0.197. The van der Waals surface area contributed by atoms with Gasteiger partial charge in [0.25, 0.3) is 0 Å². The lowest BCUT2D eigenvalue weighted by atomic mass is 9.81. The van der Waals surface area contributed by atoms with Gasteiger partial charge in [-0.2, -0.15) is 4.58 Å². The molecule has 4 heterocycles. The summed E-state index contributed by atoms with van der Waals surface area (Å²) in [6.07, 6.45) is 8.12. The molecule has 0 spiro atoms. The molecule has 0 saturated heterocycles. The van der Waals surface area contributed by atoms with Crippen molar-refractivity contribution in [3.63, 3.8) is 0 Å². The van der Waals surface area contributed by atoms with Crippen molar-refractivity contribution < 1.29 is 23.5 Å². The number of nitrogens with zero attached hydrogens (tertiary/aromatic N) is 2. The van der Waals surface area contributed by atoms with Crippen LogP contribution in [0.4, 0.5) is 11.4 Å². The first-order valence-corrected chi connectivity index (χ1v) is 12.5. The van der Waals surface area contributed by atoms with Gasteiger partial charge in [-0.1, -0.05) is 25.4 Å². The molecule has 0 N–H and O–H groups in total. The predicted octanol–water partition coefficient (Wildman–Crippen LogP) is 6.14. The van der Waals surface area contributed by atoms with Crippen molar-refractivity contribution in [1.29, 1.82) is 0 Å². The largest absolute Gasteiger partial charge is 0.454 e. The average Bonchev–Trinajstić information content (AvgIpc) is 3.56. The van der Waals surface area contributed by atoms with Crippen molar-refractivity contribution >= 4 is 28.7 Å². The van der Waals surface area contributed by atoms with Crippen LogP contribution >= 0.6 is 11.6 Å². The van der Waals surface area contributed by atoms with Gasteiger partial charge in [-0.05, 0) is 49.8 Å². The van der Waals surface area contributed by atoms with Crippen LogP contribution in [0.3, 0.4) is 0 Å². The molecule has 6 rings (SSSR count). The second-order valence-electron chi connectivity index (χ2n) is 10.6. The molecule has 0 saturated carbocycles. The highest BCUT2D eigenvalue weighted by Crippen LogP contribution is 2.52. The fourth-order valence-corrected chi connectivity index (χ4v) is 5.93. The van der Waals surface area contributed by atoms with E-state index in [1.807, 2.05) is 12.2 Å². The molecule has 2 aromatic rings. The average molecular weight is 506 g/mol. The maximum absolute atomic E-state index is 6.71. The molecule has 0 atom stereocenters. The zero-order valence-corrected chi connectivity index (χ0v) is 22.2. The smallest absolute Gasteiger partial charge is 0.231 e. The van der Waals surface area contributed by atoms with Gasteiger partial charge in [0.15, 0.2) is 28.7 Å². The molecule has 6 nitrogen and oxygen atoms in total. The lowest BCUT2D eigenvalue weighted by Gasteiger charge is -2.23. The van der Waals surface area contributed by atoms with Gasteiger partial charge in [-0.3, -0.25) is 0 Å². The van der Waals surface area contributed by atoms with Gasteiger partial charge in [-0.25, -0.2) is 0 Å². The molecule has 186 valence electrons. The van der Waals surface area contributed by atoms with Gasteiger partial charge >= 0.3 is 0 Å². The molecule has 4 aliphatic rings. The van der Waals surface area contributed by atoms with Gasteiger partial charge in [-0.15, -0.1) is 0 Å². The topological polar surface area (TPSA) is 43.2 Å². The summed E-state index contributed by atoms with van der Waals surface area (Å²) in [5.74, 6) is 3.19. The minimum Gasteiger partial charge on any atom is -0.454 e. The van der Waals surface area contributed by atoms with Crippen molar-refractivity contribution in [3.8, 4) is 23.0 Å². The zero-order valence-electron chi connectivity index (χ0n) is 21.4. The van der Waals surface area contributed by atoms with E-state index < -0.39 is 0 Å². The number of allylic oxidation sites excluding steroid dienone is 6. The highest BCUT2D eigenvalue weighted by molar-refractivity contribution is 6.31. The van der Waals surface area contributed by atoms with Gasteiger partial charge in [0.2, 0.25) is 19.3 Å². The Kier molecular flexibility index (Phi) is 5.00. The Morgan fingerprint density at radius 1 is 0.889 bits per heavy atom. The van der Waals surface area contributed by atoms with Gasteiger partial charge < -0.3 is 23.8 Å². The molecular weight excluding hydrogens is 476 g/mol. The van der Waals surface area contributed by atoms with Crippen LogP contribution in [0.5, 0.6) is 23.0 Å². The maximum atomic E-state index is 6.71. The Morgan fingerprint density at radius 3 is 2.14 bits per heavy atom. The lowest BCUT2D eigenvalue weighted by Crippen LogP contribution is -2.26. The summed E-state index contributed by atoms with van der Waals surface area (Å²) in [5, 5.41) is 0.652. The summed E-state index contributed by atoms with van der Waals surface area (Å²) < 4.78 is 24.6. The number of benzene rings is 2. The molecule has 0 unspecified atom stereocenters. The van der Waals surface area contributed by atoms with Crippen LogP contribution in [0, 0.1) is 0 Å². The summed E-state index contributed by atoms with van der Waals surface area (Å²) >= 11 is 6.71. The van der Waals surface area contributed by atoms with E-state index in [4.69, 9.17) is 30.5 Å². The van der Waals surface area contributed by atoms with Crippen LogP contribution in [0.2, 0.25) is 0 Å². The number of rotatable bonds is 3. The quantitative estimate of drug-likeness (QED) is 0.370. The van der Waals surface area contributed by atoms with Gasteiger partial charge in [0.05, 0.1) is 11.5 Å². The zero-order chi connectivity index (χ0) is 25.4. The molecule has 2 aromatic carbocycles. The van der Waals surface area contributed by atoms with E-state index in [1.165, 1.54) is 11.1 Å². The first kappa shape index (κ1) is 23.0. The fraction of sp³-hybridized carbons (Fsp3) is 0.345. The van der Waals surface area contributed by atoms with Crippen molar-refractivity contribution in [3.05, 3.63) is 70.4 Å². The molecule has 0 radical (unpaired) electrons. The summed E-state index contributed by atoms with van der Waals surface area (Å²) in [6, 6.07) is 8.31. The SMILES string of the molecule is CN1/C(=C/C=C(Cl)\C=C\C2=[N+](C)c3cc4c(cc3C2(C)C)OCO4)C(C)(C)c2cc3c(cc21)OCO3. The van der Waals surface area contributed by atoms with Crippen molar-refractivity contribution in [2.75, 3.05) is 32.6 Å². The van der Waals surface area contributed by atoms with Gasteiger partial charge in [0, 0.05) is 46.6 Å². The van der Waals surface area contributed by atoms with Crippen molar-refractivity contribution in [2.24, 2.45) is 0 Å². The number of halogens is 1. The molecule has 0 amide bonds. The number of likely N-dealkylation sites (N-methyl/N-ethyl adjacent to an activating group) is 1. The summed E-state index contributed by atoms with van der Waals surface area (Å²) in [4.78, 5) is 2.20. The Hall–Kier alpha value is -3.38. The van der Waals surface area contributed by atoms with E-state index in [-0.39, 0.29) is 24.4 Å². The van der Waals surface area contributed by atoms with Crippen LogP contribution in [-0.4, -0.2) is 38.0 Å². The molecular formula is C29H30ClN2O4+. The van der Waals surface area contributed by atoms with E-state index in [1.54, 1.807) is 0 Å². The fourth-order valence-electron chi connectivity index (χ4n) is 5.81. The number of hydrogen-bond donors (Lipinski definition) is 0. The number of hydrogen-bond acceptors (Lipinski definition) is 5. The lowest BCUT2D eigenvalue weighted by molar-refractivity contribution is -0.401. The summed E-state index contributed by atoms with van der Waals surface area (Å²) in [5.41, 5.74) is 6.58. The third-order valence-electron chi connectivity index (χ3n) is 7.86. The first-order valence-electron chi connectivity index (χ1n) is 12.1. The Morgan fingerprint density at radius 2 is 1.47 bits per heavy atom. The maximum Gasteiger partial charge on any atom is 0.231 e. The Balaban J connectivity index is 1.29. The van der Waals surface area contributed by atoms with E-state index >= 15 is 0 Å². The van der Waals surface area contributed by atoms with E-state index in [0.717, 1.165) is 45.8 Å². The van der Waals surface area contributed by atoms with Crippen LogP contribution in [-0.2, 0) is 10.8 Å². The number of fused-ring (bicyclic) bond motifs is 4. The van der Waals surface area contributed by atoms with Crippen LogP contribution in [0.25, 0.3) is 0 Å². The predicted molar refractivity (Wildman–Crippen MR) is 142 cm³/mol. The van der Waals surface area contributed by atoms with Crippen molar-refractivity contribution in [2.45, 2.75) is 38.5 Å². The molecule has 7 heteroatoms. The van der Waals surface area contributed by atoms with E-state index in [0.29, 0.717) is 5.03 Å². The van der Waals surface area contributed by atoms with Gasteiger partial charge in [0.1, 0.15) is 7.05 Å². The summed E-state index contributed by atoms with van der Waals surface area (Å²) in [6.45, 7) is 9.42. The molecule has 0 fully saturated rings. The standard InChI is InChI=1S/C29H30ClN2O4/c1-28(2)18-11-22-24(35-15-33-22)13-20(18)31(5)26(28)9-7-17(30)8-10-27-29(3,4)19-12-23-25(36-16-34-23)14-21(19)32(27)6/h7-14H,15-16H2,1-6H3/q+1. The second-order valence-corrected chi connectivity index (χ2v) is 11.1. The van der Waals surface area contributed by atoms with E-state index in [2.05, 4.69) is 87.7 Å². The third kappa shape index (κ3) is 3.27. The normalized spacial score (nSPS) is 21.7. The molecule has 4 aliphatic heterocycles. The number of anilines is 1. The summed E-state index contributed by atoms with van der Waals surface area (Å²) in [7, 11) is 4.15. The first-order chi connectivity index (χ1) is 17.1. The van der Waals surface area contributed by atoms with Crippen LogP contribution in [0.15, 0.2) is 59.3 Å². The monoisotopic (exact) mass is 505 g/mol. The van der Waals surface area contributed by atoms with Crippen LogP contribution < -0.4 is 23.8 Å².